The average molecular weight is 828 g/mol. The second-order valence-corrected chi connectivity index (χ2v) is 17.4. The molecule has 1 unspecified atom stereocenters. The van der Waals surface area contributed by atoms with E-state index < -0.39 is 0 Å². The van der Waals surface area contributed by atoms with Crippen molar-refractivity contribution in [3.8, 4) is 55.6 Å². The van der Waals surface area contributed by atoms with Crippen LogP contribution in [0.4, 0.5) is 17.1 Å². The fraction of sp³-hybridized carbons (Fsp3) is 0.0312. The van der Waals surface area contributed by atoms with E-state index in [4.69, 9.17) is 0 Å². The molecule has 0 saturated carbocycles. The molecule has 0 saturated heterocycles. The maximum absolute atomic E-state index is 2.51. The highest BCUT2D eigenvalue weighted by Gasteiger charge is 2.42. The van der Waals surface area contributed by atoms with E-state index in [0.717, 1.165) is 33.8 Å². The molecule has 0 bridgehead atoms. The highest BCUT2D eigenvalue weighted by atomic mass is 15.1. The first kappa shape index (κ1) is 38.4. The van der Waals surface area contributed by atoms with Crippen molar-refractivity contribution in [2.75, 3.05) is 4.90 Å². The van der Waals surface area contributed by atoms with Crippen LogP contribution in [0.15, 0.2) is 255 Å². The molecular formula is C64H45N. The molecule has 0 fully saturated rings. The Kier molecular flexibility index (Phi) is 9.35. The normalized spacial score (nSPS) is 14.0. The summed E-state index contributed by atoms with van der Waals surface area (Å²) in [6.45, 7) is 2.40. The van der Waals surface area contributed by atoms with Gasteiger partial charge in [0, 0.05) is 22.2 Å². The Bertz CT molecular complexity index is 3540. The monoisotopic (exact) mass is 827 g/mol. The van der Waals surface area contributed by atoms with Gasteiger partial charge in [0.05, 0.1) is 11.4 Å². The van der Waals surface area contributed by atoms with E-state index in [0.29, 0.717) is 0 Å². The van der Waals surface area contributed by atoms with E-state index >= 15 is 0 Å². The Morgan fingerprint density at radius 3 is 1.63 bits per heavy atom. The molecule has 0 radical (unpaired) electrons. The summed E-state index contributed by atoms with van der Waals surface area (Å²) in [6, 6.07) is 93.6. The molecule has 12 rings (SSSR count). The lowest BCUT2D eigenvalue weighted by molar-refractivity contribution is 0.714. The van der Waals surface area contributed by atoms with Gasteiger partial charge in [-0.2, -0.15) is 0 Å². The number of anilines is 3. The number of hydrogen-bond donors (Lipinski definition) is 0. The molecule has 1 nitrogen and oxygen atoms in total. The third-order valence-electron chi connectivity index (χ3n) is 13.8. The molecule has 306 valence electrons. The summed E-state index contributed by atoms with van der Waals surface area (Å²) in [5.74, 6) is 0. The third kappa shape index (κ3) is 6.55. The largest absolute Gasteiger partial charge is 0.309 e. The molecule has 1 atom stereocenters. The van der Waals surface area contributed by atoms with E-state index in [2.05, 4.69) is 267 Å². The van der Waals surface area contributed by atoms with Gasteiger partial charge >= 0.3 is 0 Å². The van der Waals surface area contributed by atoms with Crippen LogP contribution in [0.1, 0.15) is 23.6 Å². The van der Waals surface area contributed by atoms with Crippen LogP contribution in [0.25, 0.3) is 77.2 Å². The van der Waals surface area contributed by atoms with Crippen molar-refractivity contribution in [3.63, 3.8) is 0 Å². The third-order valence-corrected chi connectivity index (χ3v) is 13.8. The van der Waals surface area contributed by atoms with Gasteiger partial charge < -0.3 is 4.90 Å². The van der Waals surface area contributed by atoms with Crippen LogP contribution in [0.5, 0.6) is 0 Å². The van der Waals surface area contributed by atoms with Gasteiger partial charge in [-0.25, -0.2) is 0 Å². The number of hydrogen-bond acceptors (Lipinski definition) is 1. The molecule has 11 aromatic rings. The Morgan fingerprint density at radius 2 is 0.831 bits per heavy atom. The number of para-hydroxylation sites is 1. The van der Waals surface area contributed by atoms with Gasteiger partial charge in [-0.15, -0.1) is 0 Å². The van der Waals surface area contributed by atoms with Crippen LogP contribution >= 0.6 is 0 Å². The molecule has 0 N–H and O–H groups in total. The van der Waals surface area contributed by atoms with E-state index in [1.54, 1.807) is 0 Å². The van der Waals surface area contributed by atoms with Crippen LogP contribution in [-0.2, 0) is 5.41 Å². The molecule has 0 heterocycles. The van der Waals surface area contributed by atoms with Crippen LogP contribution < -0.4 is 4.90 Å². The van der Waals surface area contributed by atoms with Gasteiger partial charge in [0.15, 0.2) is 0 Å². The van der Waals surface area contributed by atoms with Gasteiger partial charge in [0.25, 0.3) is 0 Å². The smallest absolute Gasteiger partial charge is 0.0543 e. The molecular weight excluding hydrogens is 783 g/mol. The predicted octanol–water partition coefficient (Wildman–Crippen LogP) is 17.5. The first-order chi connectivity index (χ1) is 32.1. The maximum Gasteiger partial charge on any atom is 0.0543 e. The van der Waals surface area contributed by atoms with E-state index in [1.165, 1.54) is 77.2 Å². The topological polar surface area (TPSA) is 3.24 Å². The first-order valence-electron chi connectivity index (χ1n) is 22.6. The summed E-state index contributed by atoms with van der Waals surface area (Å²) in [5, 5.41) is 5.02. The minimum atomic E-state index is -0.333. The minimum Gasteiger partial charge on any atom is -0.309 e. The zero-order chi connectivity index (χ0) is 43.3. The second-order valence-electron chi connectivity index (χ2n) is 17.4. The number of nitrogens with zero attached hydrogens (tertiary/aromatic N) is 1. The van der Waals surface area contributed by atoms with Gasteiger partial charge in [-0.1, -0.05) is 224 Å². The molecule has 11 aromatic carbocycles. The van der Waals surface area contributed by atoms with Gasteiger partial charge in [0.2, 0.25) is 0 Å². The Labute approximate surface area is 381 Å². The van der Waals surface area contributed by atoms with E-state index in [-0.39, 0.29) is 5.41 Å². The first-order valence-corrected chi connectivity index (χ1v) is 22.6. The van der Waals surface area contributed by atoms with Crippen molar-refractivity contribution in [2.45, 2.75) is 12.3 Å². The standard InChI is InChI=1S/C64H45N/c1-64(53-21-3-2-4-22-53)59-28-11-9-26-58(59)63-60(64)29-15-31-62(63)65(54-23-13-20-51(43-54)45-32-37-48(38-33-45)56-27-14-19-47-17-7-8-24-55(47)56)61-30-12-10-25-57(61)49-39-34-46(35-40-49)52-41-36-44-16-5-6-18-50(44)42-52/h2-43H,1H3. The van der Waals surface area contributed by atoms with Crippen molar-refractivity contribution >= 4 is 38.6 Å². The molecule has 1 aliphatic carbocycles. The van der Waals surface area contributed by atoms with Crippen molar-refractivity contribution in [2.24, 2.45) is 0 Å². The molecule has 1 aliphatic rings. The number of rotatable bonds is 8. The Morgan fingerprint density at radius 1 is 0.308 bits per heavy atom. The molecule has 0 spiro atoms. The second kappa shape index (κ2) is 15.8. The molecule has 0 amide bonds. The van der Waals surface area contributed by atoms with Gasteiger partial charge in [0.1, 0.15) is 0 Å². The van der Waals surface area contributed by atoms with Crippen LogP contribution in [0.3, 0.4) is 0 Å². The quantitative estimate of drug-likeness (QED) is 0.147. The lowest BCUT2D eigenvalue weighted by atomic mass is 9.74. The summed E-state index contributed by atoms with van der Waals surface area (Å²) in [4.78, 5) is 2.51. The molecule has 65 heavy (non-hydrogen) atoms. The van der Waals surface area contributed by atoms with Crippen LogP contribution in [0.2, 0.25) is 0 Å². The summed E-state index contributed by atoms with van der Waals surface area (Å²) >= 11 is 0. The van der Waals surface area contributed by atoms with E-state index in [1.807, 2.05) is 0 Å². The lowest BCUT2D eigenvalue weighted by Gasteiger charge is -2.32. The summed E-state index contributed by atoms with van der Waals surface area (Å²) < 4.78 is 0. The maximum atomic E-state index is 2.51. The summed E-state index contributed by atoms with van der Waals surface area (Å²) in [6.07, 6.45) is 0. The van der Waals surface area contributed by atoms with E-state index in [9.17, 15) is 0 Å². The van der Waals surface area contributed by atoms with Crippen molar-refractivity contribution in [1.82, 2.24) is 0 Å². The number of fused-ring (bicyclic) bond motifs is 5. The minimum absolute atomic E-state index is 0.333. The Hall–Kier alpha value is -8.26. The van der Waals surface area contributed by atoms with Crippen molar-refractivity contribution in [1.29, 1.82) is 0 Å². The summed E-state index contributed by atoms with van der Waals surface area (Å²) in [7, 11) is 0. The number of benzene rings is 11. The van der Waals surface area contributed by atoms with Gasteiger partial charge in [-0.05, 0) is 120 Å². The average Bonchev–Trinajstić information content (AvgIpc) is 3.65. The highest BCUT2D eigenvalue weighted by molar-refractivity contribution is 6.00. The lowest BCUT2D eigenvalue weighted by Crippen LogP contribution is -2.22. The zero-order valence-electron chi connectivity index (χ0n) is 36.2. The summed E-state index contributed by atoms with van der Waals surface area (Å²) in [5.41, 5.74) is 19.0. The molecule has 0 aliphatic heterocycles. The van der Waals surface area contributed by atoms with Crippen LogP contribution in [0, 0.1) is 0 Å². The molecule has 1 heteroatoms. The SMILES string of the molecule is CC1(c2ccccc2)c2ccccc2-c2c(N(c3cccc(-c4ccc(-c5cccc6ccccc56)cc4)c3)c3ccccc3-c3ccc(-c4ccc5ccccc5c4)cc3)cccc21. The fourth-order valence-electron chi connectivity index (χ4n) is 10.5. The highest BCUT2D eigenvalue weighted by Crippen LogP contribution is 2.57. The fourth-order valence-corrected chi connectivity index (χ4v) is 10.5. The zero-order valence-corrected chi connectivity index (χ0v) is 36.2. The Balaban J connectivity index is 1.02. The van der Waals surface area contributed by atoms with Crippen LogP contribution in [-0.4, -0.2) is 0 Å². The van der Waals surface area contributed by atoms with Gasteiger partial charge in [-0.3, -0.25) is 0 Å². The predicted molar refractivity (Wildman–Crippen MR) is 275 cm³/mol. The molecule has 0 aromatic heterocycles. The van der Waals surface area contributed by atoms with Crippen molar-refractivity contribution < 1.29 is 0 Å². The van der Waals surface area contributed by atoms with Crippen molar-refractivity contribution in [3.05, 3.63) is 271 Å².